The summed E-state index contributed by atoms with van der Waals surface area (Å²) in [5.41, 5.74) is 0. The molecule has 82 valence electrons. The monoisotopic (exact) mass is 224 g/mol. The van der Waals surface area contributed by atoms with Crippen LogP contribution >= 0.6 is 11.3 Å². The lowest BCUT2D eigenvalue weighted by Gasteiger charge is -2.16. The molecule has 1 aromatic rings. The molecule has 2 heterocycles. The maximum atomic E-state index is 11.0. The lowest BCUT2D eigenvalue weighted by Crippen LogP contribution is -2.17. The summed E-state index contributed by atoms with van der Waals surface area (Å²) in [5.74, 6) is 0.213. The van der Waals surface area contributed by atoms with Gasteiger partial charge in [-0.25, -0.2) is 4.98 Å². The van der Waals surface area contributed by atoms with E-state index in [1.807, 2.05) is 6.20 Å². The number of hydrogen-bond acceptors (Lipinski definition) is 4. The summed E-state index contributed by atoms with van der Waals surface area (Å²) in [6.45, 7) is 2.79. The second kappa shape index (κ2) is 4.41. The number of carbonyl (C=O) groups excluding carboxylic acids is 1. The summed E-state index contributed by atoms with van der Waals surface area (Å²) in [4.78, 5) is 18.8. The molecule has 0 amide bonds. The first-order chi connectivity index (χ1) is 7.16. The maximum absolute atomic E-state index is 11.0. The molecule has 1 aliphatic heterocycles. The van der Waals surface area contributed by atoms with Crippen molar-refractivity contribution in [2.24, 2.45) is 0 Å². The third-order valence-corrected chi connectivity index (χ3v) is 3.90. The lowest BCUT2D eigenvalue weighted by molar-refractivity contribution is -0.116. The largest absolute Gasteiger partial charge is 0.300 e. The summed E-state index contributed by atoms with van der Waals surface area (Å²) in [5, 5.41) is 1.17. The molecule has 15 heavy (non-hydrogen) atoms. The highest BCUT2D eigenvalue weighted by Gasteiger charge is 2.25. The molecular weight excluding hydrogens is 208 g/mol. The molecule has 1 aliphatic rings. The number of nitrogens with zero attached hydrogens (tertiary/aromatic N) is 2. The van der Waals surface area contributed by atoms with Crippen LogP contribution < -0.4 is 0 Å². The SMILES string of the molecule is CC(=O)Cc1cnc(C2CCCN2C)s1. The van der Waals surface area contributed by atoms with Gasteiger partial charge in [0.05, 0.1) is 6.04 Å². The molecule has 0 N–H and O–H groups in total. The van der Waals surface area contributed by atoms with Crippen LogP contribution in [0.5, 0.6) is 0 Å². The highest BCUT2D eigenvalue weighted by atomic mass is 32.1. The van der Waals surface area contributed by atoms with Crippen molar-refractivity contribution in [2.75, 3.05) is 13.6 Å². The van der Waals surface area contributed by atoms with Crippen LogP contribution in [-0.2, 0) is 11.2 Å². The van der Waals surface area contributed by atoms with Crippen molar-refractivity contribution in [2.45, 2.75) is 32.2 Å². The number of rotatable bonds is 3. The van der Waals surface area contributed by atoms with Crippen LogP contribution in [0.3, 0.4) is 0 Å². The standard InChI is InChI=1S/C11H16N2OS/c1-8(14)6-9-7-12-11(15-9)10-4-3-5-13(10)2/h7,10H,3-6H2,1-2H3. The first-order valence-electron chi connectivity index (χ1n) is 5.31. The number of ketones is 1. The Bertz CT molecular complexity index is 361. The van der Waals surface area contributed by atoms with Gasteiger partial charge in [0.1, 0.15) is 10.8 Å². The Hall–Kier alpha value is -0.740. The normalized spacial score (nSPS) is 22.1. The highest BCUT2D eigenvalue weighted by molar-refractivity contribution is 7.11. The molecule has 1 fully saturated rings. The summed E-state index contributed by atoms with van der Waals surface area (Å²) < 4.78 is 0. The Morgan fingerprint density at radius 3 is 3.13 bits per heavy atom. The van der Waals surface area contributed by atoms with E-state index >= 15 is 0 Å². The third kappa shape index (κ3) is 2.44. The molecule has 1 atom stereocenters. The van der Waals surface area contributed by atoms with Gasteiger partial charge < -0.3 is 0 Å². The van der Waals surface area contributed by atoms with E-state index in [1.165, 1.54) is 17.8 Å². The van der Waals surface area contributed by atoms with E-state index in [1.54, 1.807) is 18.3 Å². The van der Waals surface area contributed by atoms with Crippen molar-refractivity contribution in [1.29, 1.82) is 0 Å². The number of aromatic nitrogens is 1. The van der Waals surface area contributed by atoms with Gasteiger partial charge in [-0.1, -0.05) is 0 Å². The molecule has 1 unspecified atom stereocenters. The number of hydrogen-bond donors (Lipinski definition) is 0. The van der Waals surface area contributed by atoms with Crippen molar-refractivity contribution < 1.29 is 4.79 Å². The van der Waals surface area contributed by atoms with Crippen molar-refractivity contribution >= 4 is 17.1 Å². The van der Waals surface area contributed by atoms with Crippen LogP contribution in [0.25, 0.3) is 0 Å². The summed E-state index contributed by atoms with van der Waals surface area (Å²) >= 11 is 1.69. The van der Waals surface area contributed by atoms with Gasteiger partial charge in [-0.05, 0) is 33.4 Å². The second-order valence-electron chi connectivity index (χ2n) is 4.18. The topological polar surface area (TPSA) is 33.2 Å². The van der Waals surface area contributed by atoms with Gasteiger partial charge in [0.2, 0.25) is 0 Å². The van der Waals surface area contributed by atoms with Gasteiger partial charge in [0.25, 0.3) is 0 Å². The maximum Gasteiger partial charge on any atom is 0.135 e. The van der Waals surface area contributed by atoms with Crippen LogP contribution in [0.15, 0.2) is 6.20 Å². The van der Waals surface area contributed by atoms with Crippen LogP contribution in [-0.4, -0.2) is 29.3 Å². The Kier molecular flexibility index (Phi) is 3.17. The summed E-state index contributed by atoms with van der Waals surface area (Å²) in [6.07, 6.45) is 4.84. The minimum atomic E-state index is 0.213. The van der Waals surface area contributed by atoms with Gasteiger partial charge in [-0.3, -0.25) is 9.69 Å². The fraction of sp³-hybridized carbons (Fsp3) is 0.636. The number of carbonyl (C=O) groups is 1. The van der Waals surface area contributed by atoms with Crippen molar-refractivity contribution in [3.05, 3.63) is 16.1 Å². The molecule has 0 radical (unpaired) electrons. The number of thiazole rings is 1. The van der Waals surface area contributed by atoms with Gasteiger partial charge in [0, 0.05) is 17.5 Å². The van der Waals surface area contributed by atoms with E-state index in [0.29, 0.717) is 12.5 Å². The predicted molar refractivity (Wildman–Crippen MR) is 61.1 cm³/mol. The Morgan fingerprint density at radius 2 is 2.53 bits per heavy atom. The van der Waals surface area contributed by atoms with Gasteiger partial charge in [0.15, 0.2) is 0 Å². The van der Waals surface area contributed by atoms with E-state index in [-0.39, 0.29) is 5.78 Å². The first kappa shape index (κ1) is 10.8. The highest BCUT2D eigenvalue weighted by Crippen LogP contribution is 2.32. The molecule has 0 aliphatic carbocycles. The smallest absolute Gasteiger partial charge is 0.135 e. The molecule has 1 aromatic heterocycles. The zero-order valence-corrected chi connectivity index (χ0v) is 10.0. The van der Waals surface area contributed by atoms with E-state index in [4.69, 9.17) is 0 Å². The average Bonchev–Trinajstić information content (AvgIpc) is 2.72. The van der Waals surface area contributed by atoms with Crippen LogP contribution in [0.4, 0.5) is 0 Å². The van der Waals surface area contributed by atoms with Crippen LogP contribution in [0.1, 0.15) is 35.7 Å². The minimum Gasteiger partial charge on any atom is -0.300 e. The third-order valence-electron chi connectivity index (χ3n) is 2.80. The summed E-state index contributed by atoms with van der Waals surface area (Å²) in [7, 11) is 2.14. The van der Waals surface area contributed by atoms with Gasteiger partial charge in [-0.2, -0.15) is 0 Å². The molecule has 1 saturated heterocycles. The summed E-state index contributed by atoms with van der Waals surface area (Å²) in [6, 6.07) is 0.482. The van der Waals surface area contributed by atoms with E-state index < -0.39 is 0 Å². The van der Waals surface area contributed by atoms with Crippen molar-refractivity contribution in [1.82, 2.24) is 9.88 Å². The van der Waals surface area contributed by atoms with Crippen molar-refractivity contribution in [3.63, 3.8) is 0 Å². The van der Waals surface area contributed by atoms with Crippen LogP contribution in [0.2, 0.25) is 0 Å². The fourth-order valence-electron chi connectivity index (χ4n) is 2.03. The molecule has 3 nitrogen and oxygen atoms in total. The van der Waals surface area contributed by atoms with E-state index in [9.17, 15) is 4.79 Å². The zero-order chi connectivity index (χ0) is 10.8. The predicted octanol–water partition coefficient (Wildman–Crippen LogP) is 2.04. The molecular formula is C11H16N2OS. The Morgan fingerprint density at radius 1 is 1.73 bits per heavy atom. The minimum absolute atomic E-state index is 0.213. The fourth-order valence-corrected chi connectivity index (χ4v) is 3.21. The molecule has 0 aromatic carbocycles. The Labute approximate surface area is 94.1 Å². The molecule has 0 saturated carbocycles. The molecule has 4 heteroatoms. The molecule has 2 rings (SSSR count). The van der Waals surface area contributed by atoms with Gasteiger partial charge >= 0.3 is 0 Å². The molecule has 0 bridgehead atoms. The zero-order valence-electron chi connectivity index (χ0n) is 9.19. The second-order valence-corrected chi connectivity index (χ2v) is 5.33. The van der Waals surface area contributed by atoms with Gasteiger partial charge in [-0.15, -0.1) is 11.3 Å². The first-order valence-corrected chi connectivity index (χ1v) is 6.13. The van der Waals surface area contributed by atoms with Crippen LogP contribution in [0, 0.1) is 0 Å². The number of likely N-dealkylation sites (tertiary alicyclic amines) is 1. The molecule has 0 spiro atoms. The van der Waals surface area contributed by atoms with E-state index in [0.717, 1.165) is 11.4 Å². The lowest BCUT2D eigenvalue weighted by atomic mass is 10.2. The average molecular weight is 224 g/mol. The van der Waals surface area contributed by atoms with Crippen molar-refractivity contribution in [3.8, 4) is 0 Å². The van der Waals surface area contributed by atoms with E-state index in [2.05, 4.69) is 16.9 Å². The quantitative estimate of drug-likeness (QED) is 0.787. The Balaban J connectivity index is 2.09. The number of Topliss-reactive ketones (excluding diaryl/α,β-unsaturated/α-hetero) is 1.